The monoisotopic (exact) mass is 352 g/mol. The van der Waals surface area contributed by atoms with Crippen molar-refractivity contribution in [3.05, 3.63) is 48.3 Å². The average Bonchev–Trinajstić information content (AvgIpc) is 3.12. The van der Waals surface area contributed by atoms with E-state index in [1.807, 2.05) is 16.8 Å². The number of aromatic nitrogens is 3. The molecule has 0 saturated carbocycles. The Labute approximate surface area is 150 Å². The minimum atomic E-state index is -0.216. The van der Waals surface area contributed by atoms with Gasteiger partial charge in [-0.05, 0) is 49.6 Å². The van der Waals surface area contributed by atoms with Crippen LogP contribution in [0, 0.1) is 0 Å². The number of carbonyl (C=O) groups is 1. The largest absolute Gasteiger partial charge is 0.495 e. The van der Waals surface area contributed by atoms with Crippen LogP contribution in [-0.4, -0.2) is 34.4 Å². The summed E-state index contributed by atoms with van der Waals surface area (Å²) in [7, 11) is 1.57. The summed E-state index contributed by atoms with van der Waals surface area (Å²) in [5, 5.41) is 8.15. The van der Waals surface area contributed by atoms with E-state index in [9.17, 15) is 4.79 Å². The van der Waals surface area contributed by atoms with Crippen molar-refractivity contribution in [3.63, 3.8) is 0 Å². The molecule has 1 aliphatic rings. The zero-order chi connectivity index (χ0) is 17.9. The van der Waals surface area contributed by atoms with Crippen LogP contribution in [0.1, 0.15) is 35.8 Å². The van der Waals surface area contributed by atoms with Crippen molar-refractivity contribution in [1.29, 1.82) is 0 Å². The van der Waals surface area contributed by atoms with Gasteiger partial charge in [0.05, 0.1) is 25.0 Å². The fourth-order valence-corrected chi connectivity index (χ4v) is 3.10. The molecular formula is C19H20N4O3. The number of benzene rings is 1. The van der Waals surface area contributed by atoms with Crippen LogP contribution >= 0.6 is 0 Å². The molecule has 1 N–H and O–H groups in total. The third kappa shape index (κ3) is 3.25. The molecule has 0 aliphatic carbocycles. The molecule has 26 heavy (non-hydrogen) atoms. The van der Waals surface area contributed by atoms with Gasteiger partial charge in [-0.3, -0.25) is 4.79 Å². The molecule has 1 atom stereocenters. The molecule has 2 aromatic heterocycles. The Balaban J connectivity index is 1.54. The summed E-state index contributed by atoms with van der Waals surface area (Å²) in [6.45, 7) is 0.765. The molecule has 134 valence electrons. The molecule has 1 amide bonds. The van der Waals surface area contributed by atoms with Crippen molar-refractivity contribution in [2.24, 2.45) is 0 Å². The highest BCUT2D eigenvalue weighted by atomic mass is 16.5. The third-order valence-electron chi connectivity index (χ3n) is 4.50. The van der Waals surface area contributed by atoms with Crippen LogP contribution in [0.5, 0.6) is 5.75 Å². The molecule has 3 aromatic rings. The maximum absolute atomic E-state index is 12.5. The van der Waals surface area contributed by atoms with E-state index in [-0.39, 0.29) is 12.1 Å². The van der Waals surface area contributed by atoms with Gasteiger partial charge in [0.2, 0.25) is 0 Å². The number of nitrogens with zero attached hydrogens (tertiary/aromatic N) is 3. The number of fused-ring (bicyclic) bond motifs is 1. The van der Waals surface area contributed by atoms with E-state index in [0.29, 0.717) is 17.1 Å². The Hall–Kier alpha value is -2.93. The zero-order valence-corrected chi connectivity index (χ0v) is 14.5. The number of amides is 1. The first-order valence-corrected chi connectivity index (χ1v) is 8.65. The van der Waals surface area contributed by atoms with Crippen molar-refractivity contribution >= 4 is 22.6 Å². The van der Waals surface area contributed by atoms with Gasteiger partial charge in [-0.1, -0.05) is 0 Å². The Kier molecular flexibility index (Phi) is 4.53. The van der Waals surface area contributed by atoms with Crippen LogP contribution in [0.4, 0.5) is 5.82 Å². The summed E-state index contributed by atoms with van der Waals surface area (Å²) in [5.41, 5.74) is 1.52. The van der Waals surface area contributed by atoms with Crippen LogP contribution in [-0.2, 0) is 4.74 Å². The van der Waals surface area contributed by atoms with Crippen molar-refractivity contribution < 1.29 is 14.3 Å². The fraction of sp³-hybridized carbons (Fsp3) is 0.316. The quantitative estimate of drug-likeness (QED) is 0.779. The molecule has 3 heterocycles. The normalized spacial score (nSPS) is 17.2. The van der Waals surface area contributed by atoms with Crippen LogP contribution in [0.15, 0.2) is 42.7 Å². The average molecular weight is 352 g/mol. The predicted molar refractivity (Wildman–Crippen MR) is 97.3 cm³/mol. The maximum Gasteiger partial charge on any atom is 0.256 e. The number of hydrogen-bond acceptors (Lipinski definition) is 5. The number of pyridine rings is 1. The molecule has 1 aliphatic heterocycles. The highest BCUT2D eigenvalue weighted by Gasteiger charge is 2.19. The van der Waals surface area contributed by atoms with Crippen molar-refractivity contribution in [2.45, 2.75) is 25.5 Å². The smallest absolute Gasteiger partial charge is 0.256 e. The van der Waals surface area contributed by atoms with Crippen LogP contribution < -0.4 is 10.1 Å². The minimum Gasteiger partial charge on any atom is -0.495 e. The number of anilines is 1. The van der Waals surface area contributed by atoms with Crippen LogP contribution in [0.2, 0.25) is 0 Å². The maximum atomic E-state index is 12.5. The second kappa shape index (κ2) is 7.13. The summed E-state index contributed by atoms with van der Waals surface area (Å²) in [5.74, 6) is 0.898. The third-order valence-corrected chi connectivity index (χ3v) is 4.50. The molecule has 0 radical (unpaired) electrons. The lowest BCUT2D eigenvalue weighted by Crippen LogP contribution is -2.19. The van der Waals surface area contributed by atoms with E-state index in [4.69, 9.17) is 9.47 Å². The Morgan fingerprint density at radius 1 is 1.27 bits per heavy atom. The summed E-state index contributed by atoms with van der Waals surface area (Å²) in [4.78, 5) is 16.6. The highest BCUT2D eigenvalue weighted by Crippen LogP contribution is 2.26. The minimum absolute atomic E-state index is 0.0237. The summed E-state index contributed by atoms with van der Waals surface area (Å²) in [6, 6.07) is 8.99. The van der Waals surface area contributed by atoms with Crippen molar-refractivity contribution in [3.8, 4) is 5.75 Å². The van der Waals surface area contributed by atoms with Crippen molar-refractivity contribution in [2.75, 3.05) is 19.0 Å². The van der Waals surface area contributed by atoms with E-state index in [2.05, 4.69) is 15.4 Å². The number of ether oxygens (including phenoxy) is 2. The van der Waals surface area contributed by atoms with Gasteiger partial charge in [-0.15, -0.1) is 0 Å². The predicted octanol–water partition coefficient (Wildman–Crippen LogP) is 3.39. The number of methoxy groups -OCH3 is 1. The first-order valence-electron chi connectivity index (χ1n) is 8.65. The van der Waals surface area contributed by atoms with Gasteiger partial charge in [0.1, 0.15) is 11.6 Å². The van der Waals surface area contributed by atoms with E-state index in [0.717, 1.165) is 36.8 Å². The number of carbonyl (C=O) groups excluding carboxylic acids is 1. The van der Waals surface area contributed by atoms with E-state index in [1.165, 1.54) is 0 Å². The molecule has 1 unspecified atom stereocenters. The second-order valence-corrected chi connectivity index (χ2v) is 6.22. The number of nitrogens with one attached hydrogen (secondary N) is 1. The van der Waals surface area contributed by atoms with Gasteiger partial charge in [-0.2, -0.15) is 5.10 Å². The van der Waals surface area contributed by atoms with Gasteiger partial charge >= 0.3 is 0 Å². The van der Waals surface area contributed by atoms with Crippen LogP contribution in [0.3, 0.4) is 0 Å². The van der Waals surface area contributed by atoms with E-state index in [1.54, 1.807) is 37.7 Å². The summed E-state index contributed by atoms with van der Waals surface area (Å²) < 4.78 is 12.8. The van der Waals surface area contributed by atoms with Gasteiger partial charge in [0.15, 0.2) is 6.23 Å². The van der Waals surface area contributed by atoms with Gasteiger partial charge in [0, 0.05) is 17.6 Å². The van der Waals surface area contributed by atoms with Gasteiger partial charge in [0.25, 0.3) is 5.91 Å². The first-order chi connectivity index (χ1) is 12.7. The Morgan fingerprint density at radius 2 is 2.19 bits per heavy atom. The van der Waals surface area contributed by atoms with Crippen LogP contribution in [0.25, 0.3) is 10.9 Å². The summed E-state index contributed by atoms with van der Waals surface area (Å²) >= 11 is 0. The Bertz CT molecular complexity index is 914. The molecular weight excluding hydrogens is 332 g/mol. The molecule has 7 heteroatoms. The van der Waals surface area contributed by atoms with Gasteiger partial charge < -0.3 is 14.8 Å². The molecule has 7 nitrogen and oxygen atoms in total. The molecule has 1 fully saturated rings. The number of hydrogen-bond donors (Lipinski definition) is 1. The lowest BCUT2D eigenvalue weighted by molar-refractivity contribution is -0.0366. The lowest BCUT2D eigenvalue weighted by atomic mass is 10.1. The standard InChI is InChI=1S/C19H20N4O3/c1-25-15-6-8-17(20-12-15)22-19(24)13-5-7-16-14(10-13)11-21-23(16)18-4-2-3-9-26-18/h5-8,10-12,18H,2-4,9H2,1H3,(H,20,22,24). The number of rotatable bonds is 4. The zero-order valence-electron chi connectivity index (χ0n) is 14.5. The molecule has 1 aromatic carbocycles. The first kappa shape index (κ1) is 16.5. The molecule has 4 rings (SSSR count). The fourth-order valence-electron chi connectivity index (χ4n) is 3.10. The second-order valence-electron chi connectivity index (χ2n) is 6.22. The molecule has 0 spiro atoms. The topological polar surface area (TPSA) is 78.3 Å². The van der Waals surface area contributed by atoms with Crippen molar-refractivity contribution in [1.82, 2.24) is 14.8 Å². The molecule has 0 bridgehead atoms. The van der Waals surface area contributed by atoms with E-state index < -0.39 is 0 Å². The van der Waals surface area contributed by atoms with Gasteiger partial charge in [-0.25, -0.2) is 9.67 Å². The lowest BCUT2D eigenvalue weighted by Gasteiger charge is -2.23. The SMILES string of the molecule is COc1ccc(NC(=O)c2ccc3c(cnn3C3CCCCO3)c2)nc1. The Morgan fingerprint density at radius 3 is 2.92 bits per heavy atom. The molecule has 1 saturated heterocycles. The highest BCUT2D eigenvalue weighted by molar-refractivity contribution is 6.05. The summed E-state index contributed by atoms with van der Waals surface area (Å²) in [6.07, 6.45) is 6.51. The van der Waals surface area contributed by atoms with E-state index >= 15 is 0 Å².